The van der Waals surface area contributed by atoms with Gasteiger partial charge in [0.05, 0.1) is 0 Å². The van der Waals surface area contributed by atoms with Crippen molar-refractivity contribution in [3.8, 4) is 0 Å². The van der Waals surface area contributed by atoms with Gasteiger partial charge in [-0.15, -0.1) is 0 Å². The lowest BCUT2D eigenvalue weighted by atomic mass is 10.1. The molecule has 0 aliphatic carbocycles. The molecule has 96 valence electrons. The molecule has 2 aromatic rings. The van der Waals surface area contributed by atoms with Crippen LogP contribution in [0.15, 0.2) is 24.4 Å². The van der Waals surface area contributed by atoms with Gasteiger partial charge in [0.25, 0.3) is 0 Å². The van der Waals surface area contributed by atoms with E-state index in [-0.39, 0.29) is 0 Å². The topological polar surface area (TPSA) is 31.1 Å². The Morgan fingerprint density at radius 2 is 2.17 bits per heavy atom. The van der Waals surface area contributed by atoms with E-state index < -0.39 is 0 Å². The highest BCUT2D eigenvalue weighted by molar-refractivity contribution is 6.31. The summed E-state index contributed by atoms with van der Waals surface area (Å²) in [6, 6.07) is 6.03. The molecule has 0 spiro atoms. The molecule has 4 heteroatoms. The number of nitrogens with zero attached hydrogens (tertiary/aromatic N) is 1. The zero-order valence-electron chi connectivity index (χ0n) is 10.4. The Balaban J connectivity index is 1.83. The molecule has 0 radical (unpaired) electrons. The van der Waals surface area contributed by atoms with E-state index >= 15 is 0 Å². The Bertz CT molecular complexity index is 527. The van der Waals surface area contributed by atoms with Crippen LogP contribution in [0, 0.1) is 0 Å². The van der Waals surface area contributed by atoms with E-state index in [9.17, 15) is 0 Å². The van der Waals surface area contributed by atoms with Gasteiger partial charge in [0.1, 0.15) is 0 Å². The Kier molecular flexibility index (Phi) is 3.55. The second-order valence-corrected chi connectivity index (χ2v) is 5.32. The standard InChI is InChI=1S/C14H18ClN3/c15-12-2-3-14-13(8-12)11(9-17-14)10-18-6-1-4-16-5-7-18/h2-3,8-9,16-17H,1,4-7,10H2. The Labute approximate surface area is 112 Å². The molecule has 1 aromatic heterocycles. The second kappa shape index (κ2) is 5.31. The molecule has 0 amide bonds. The predicted octanol–water partition coefficient (Wildman–Crippen LogP) is 2.62. The maximum atomic E-state index is 6.08. The molecule has 1 aliphatic rings. The van der Waals surface area contributed by atoms with Gasteiger partial charge >= 0.3 is 0 Å². The molecule has 2 N–H and O–H groups in total. The van der Waals surface area contributed by atoms with Crippen molar-refractivity contribution in [2.75, 3.05) is 26.2 Å². The van der Waals surface area contributed by atoms with Crippen LogP contribution in [0.4, 0.5) is 0 Å². The summed E-state index contributed by atoms with van der Waals surface area (Å²) in [6.07, 6.45) is 3.34. The molecule has 0 bridgehead atoms. The molecule has 18 heavy (non-hydrogen) atoms. The average Bonchev–Trinajstić information content (AvgIpc) is 2.60. The summed E-state index contributed by atoms with van der Waals surface area (Å²) in [5.74, 6) is 0. The average molecular weight is 264 g/mol. The largest absolute Gasteiger partial charge is 0.361 e. The third kappa shape index (κ3) is 2.53. The van der Waals surface area contributed by atoms with Crippen molar-refractivity contribution in [3.05, 3.63) is 35.0 Å². The van der Waals surface area contributed by atoms with Gasteiger partial charge in [0, 0.05) is 41.8 Å². The van der Waals surface area contributed by atoms with Gasteiger partial charge in [0.15, 0.2) is 0 Å². The van der Waals surface area contributed by atoms with Gasteiger partial charge in [-0.3, -0.25) is 4.90 Å². The quantitative estimate of drug-likeness (QED) is 0.873. The second-order valence-electron chi connectivity index (χ2n) is 4.88. The van der Waals surface area contributed by atoms with Gasteiger partial charge in [-0.2, -0.15) is 0 Å². The number of aromatic amines is 1. The highest BCUT2D eigenvalue weighted by Crippen LogP contribution is 2.23. The minimum atomic E-state index is 0.806. The maximum Gasteiger partial charge on any atom is 0.0458 e. The number of hydrogen-bond donors (Lipinski definition) is 2. The van der Waals surface area contributed by atoms with E-state index in [1.54, 1.807) is 0 Å². The fourth-order valence-electron chi connectivity index (χ4n) is 2.58. The molecule has 1 saturated heterocycles. The number of halogens is 1. The molecule has 2 heterocycles. The van der Waals surface area contributed by atoms with Gasteiger partial charge in [-0.05, 0) is 43.3 Å². The van der Waals surface area contributed by atoms with E-state index in [0.717, 1.165) is 31.2 Å². The minimum Gasteiger partial charge on any atom is -0.361 e. The summed E-state index contributed by atoms with van der Waals surface area (Å²) in [7, 11) is 0. The third-order valence-corrected chi connectivity index (χ3v) is 3.79. The van der Waals surface area contributed by atoms with Crippen LogP contribution in [0.25, 0.3) is 10.9 Å². The van der Waals surface area contributed by atoms with Crippen molar-refractivity contribution in [2.24, 2.45) is 0 Å². The highest BCUT2D eigenvalue weighted by atomic mass is 35.5. The van der Waals surface area contributed by atoms with E-state index in [2.05, 4.69) is 27.5 Å². The number of rotatable bonds is 2. The zero-order chi connectivity index (χ0) is 12.4. The maximum absolute atomic E-state index is 6.08. The van der Waals surface area contributed by atoms with Crippen molar-refractivity contribution in [2.45, 2.75) is 13.0 Å². The van der Waals surface area contributed by atoms with Crippen LogP contribution in [0.1, 0.15) is 12.0 Å². The molecule has 0 atom stereocenters. The molecule has 1 aromatic carbocycles. The first-order chi connectivity index (χ1) is 8.83. The summed E-state index contributed by atoms with van der Waals surface area (Å²) in [5, 5.41) is 5.49. The molecular weight excluding hydrogens is 246 g/mol. The number of aromatic nitrogens is 1. The van der Waals surface area contributed by atoms with E-state index in [1.807, 2.05) is 12.1 Å². The van der Waals surface area contributed by atoms with Crippen molar-refractivity contribution in [1.29, 1.82) is 0 Å². The van der Waals surface area contributed by atoms with Crippen molar-refractivity contribution < 1.29 is 0 Å². The van der Waals surface area contributed by atoms with Gasteiger partial charge in [-0.1, -0.05) is 11.6 Å². The number of nitrogens with one attached hydrogen (secondary N) is 2. The fourth-order valence-corrected chi connectivity index (χ4v) is 2.75. The third-order valence-electron chi connectivity index (χ3n) is 3.56. The van der Waals surface area contributed by atoms with E-state index in [1.165, 1.54) is 29.4 Å². The van der Waals surface area contributed by atoms with Crippen LogP contribution in [-0.4, -0.2) is 36.1 Å². The Morgan fingerprint density at radius 1 is 1.22 bits per heavy atom. The van der Waals surface area contributed by atoms with Crippen LogP contribution in [-0.2, 0) is 6.54 Å². The summed E-state index contributed by atoms with van der Waals surface area (Å²) >= 11 is 6.08. The molecule has 1 aliphatic heterocycles. The van der Waals surface area contributed by atoms with Crippen LogP contribution < -0.4 is 5.32 Å². The number of H-pyrrole nitrogens is 1. The summed E-state index contributed by atoms with van der Waals surface area (Å²) in [6.45, 7) is 5.51. The van der Waals surface area contributed by atoms with Crippen LogP contribution in [0.3, 0.4) is 0 Å². The number of fused-ring (bicyclic) bond motifs is 1. The summed E-state index contributed by atoms with van der Waals surface area (Å²) in [4.78, 5) is 5.82. The van der Waals surface area contributed by atoms with E-state index in [0.29, 0.717) is 0 Å². The first-order valence-corrected chi connectivity index (χ1v) is 6.89. The Morgan fingerprint density at radius 3 is 3.11 bits per heavy atom. The van der Waals surface area contributed by atoms with Crippen LogP contribution >= 0.6 is 11.6 Å². The monoisotopic (exact) mass is 263 g/mol. The molecule has 0 unspecified atom stereocenters. The Hall–Kier alpha value is -1.03. The number of benzene rings is 1. The lowest BCUT2D eigenvalue weighted by molar-refractivity contribution is 0.285. The van der Waals surface area contributed by atoms with Crippen molar-refractivity contribution in [3.63, 3.8) is 0 Å². The molecule has 0 saturated carbocycles. The SMILES string of the molecule is Clc1ccc2[nH]cc(CN3CCCNCC3)c2c1. The van der Waals surface area contributed by atoms with Crippen molar-refractivity contribution in [1.82, 2.24) is 15.2 Å². The molecular formula is C14H18ClN3. The van der Waals surface area contributed by atoms with Gasteiger partial charge in [0.2, 0.25) is 0 Å². The smallest absolute Gasteiger partial charge is 0.0458 e. The predicted molar refractivity (Wildman–Crippen MR) is 76.1 cm³/mol. The first kappa shape index (κ1) is 12.0. The lowest BCUT2D eigenvalue weighted by Crippen LogP contribution is -2.27. The number of hydrogen-bond acceptors (Lipinski definition) is 2. The van der Waals surface area contributed by atoms with Crippen LogP contribution in [0.5, 0.6) is 0 Å². The highest BCUT2D eigenvalue weighted by Gasteiger charge is 2.11. The van der Waals surface area contributed by atoms with E-state index in [4.69, 9.17) is 11.6 Å². The molecule has 1 fully saturated rings. The summed E-state index contributed by atoms with van der Waals surface area (Å²) < 4.78 is 0. The van der Waals surface area contributed by atoms with Gasteiger partial charge in [-0.25, -0.2) is 0 Å². The summed E-state index contributed by atoms with van der Waals surface area (Å²) in [5.41, 5.74) is 2.51. The first-order valence-electron chi connectivity index (χ1n) is 6.51. The zero-order valence-corrected chi connectivity index (χ0v) is 11.1. The lowest BCUT2D eigenvalue weighted by Gasteiger charge is -2.18. The van der Waals surface area contributed by atoms with Crippen molar-refractivity contribution >= 4 is 22.5 Å². The normalized spacial score (nSPS) is 18.1. The minimum absolute atomic E-state index is 0.806. The van der Waals surface area contributed by atoms with Crippen LogP contribution in [0.2, 0.25) is 5.02 Å². The molecule has 3 nitrogen and oxygen atoms in total. The molecule has 3 rings (SSSR count). The fraction of sp³-hybridized carbons (Fsp3) is 0.429. The van der Waals surface area contributed by atoms with Gasteiger partial charge < -0.3 is 10.3 Å².